The highest BCUT2D eigenvalue weighted by Gasteiger charge is 2.04. The Bertz CT molecular complexity index is 341. The normalized spacial score (nSPS) is 11.9. The predicted octanol–water partition coefficient (Wildman–Crippen LogP) is 0.371. The van der Waals surface area contributed by atoms with E-state index in [1.54, 1.807) is 13.4 Å². The van der Waals surface area contributed by atoms with Crippen LogP contribution in [0.4, 0.5) is 0 Å². The van der Waals surface area contributed by atoms with E-state index in [1.807, 2.05) is 4.57 Å². The average molecular weight is 224 g/mol. The molecule has 0 aliphatic heterocycles. The van der Waals surface area contributed by atoms with E-state index in [0.717, 1.165) is 18.3 Å². The minimum absolute atomic E-state index is 0.357. The summed E-state index contributed by atoms with van der Waals surface area (Å²) >= 11 is 0. The fourth-order valence-corrected chi connectivity index (χ4v) is 1.31. The van der Waals surface area contributed by atoms with Gasteiger partial charge in [-0.1, -0.05) is 0 Å². The van der Waals surface area contributed by atoms with E-state index < -0.39 is 0 Å². The molecular formula is C10H20N6. The fraction of sp³-hybridized carbons (Fsp3) is 0.700. The monoisotopic (exact) mass is 224 g/mol. The van der Waals surface area contributed by atoms with E-state index in [9.17, 15) is 0 Å². The molecule has 0 aromatic carbocycles. The maximum atomic E-state index is 4.12. The lowest BCUT2D eigenvalue weighted by Gasteiger charge is -2.14. The number of rotatable bonds is 4. The lowest BCUT2D eigenvalue weighted by atomic mass is 10.4. The summed E-state index contributed by atoms with van der Waals surface area (Å²) in [5, 5.41) is 14.3. The lowest BCUT2D eigenvalue weighted by molar-refractivity contribution is 0.654. The maximum Gasteiger partial charge on any atom is 0.191 e. The van der Waals surface area contributed by atoms with Crippen LogP contribution in [0.5, 0.6) is 0 Å². The highest BCUT2D eigenvalue weighted by atomic mass is 15.3. The van der Waals surface area contributed by atoms with Crippen molar-refractivity contribution in [1.82, 2.24) is 25.4 Å². The topological polar surface area (TPSA) is 67.1 Å². The molecule has 0 fully saturated rings. The van der Waals surface area contributed by atoms with Gasteiger partial charge in [0.1, 0.15) is 6.33 Å². The maximum absolute atomic E-state index is 4.12. The third-order valence-corrected chi connectivity index (χ3v) is 2.10. The first-order valence-corrected chi connectivity index (χ1v) is 5.51. The number of guanidine groups is 1. The molecule has 6 nitrogen and oxygen atoms in total. The van der Waals surface area contributed by atoms with E-state index in [0.29, 0.717) is 12.6 Å². The van der Waals surface area contributed by atoms with Gasteiger partial charge in [0.05, 0.1) is 6.54 Å². The number of aliphatic imine (C=N–C) groups is 1. The first kappa shape index (κ1) is 12.5. The van der Waals surface area contributed by atoms with Crippen LogP contribution < -0.4 is 10.6 Å². The van der Waals surface area contributed by atoms with Crippen LogP contribution >= 0.6 is 0 Å². The van der Waals surface area contributed by atoms with Crippen molar-refractivity contribution in [2.45, 2.75) is 39.9 Å². The summed E-state index contributed by atoms with van der Waals surface area (Å²) in [7, 11) is 1.75. The van der Waals surface area contributed by atoms with Crippen molar-refractivity contribution in [1.29, 1.82) is 0 Å². The molecule has 1 rings (SSSR count). The molecule has 1 heterocycles. The summed E-state index contributed by atoms with van der Waals surface area (Å²) in [4.78, 5) is 4.12. The first-order chi connectivity index (χ1) is 7.67. The van der Waals surface area contributed by atoms with Crippen molar-refractivity contribution >= 4 is 5.96 Å². The van der Waals surface area contributed by atoms with Gasteiger partial charge in [-0.05, 0) is 20.8 Å². The predicted molar refractivity (Wildman–Crippen MR) is 64.2 cm³/mol. The van der Waals surface area contributed by atoms with Crippen LogP contribution in [0.15, 0.2) is 11.3 Å². The summed E-state index contributed by atoms with van der Waals surface area (Å²) in [6.07, 6.45) is 1.73. The SMILES string of the molecule is CCn1cnnc1CNC(=NC)NC(C)C. The zero-order valence-corrected chi connectivity index (χ0v) is 10.4. The Morgan fingerprint density at radius 3 is 2.88 bits per heavy atom. The lowest BCUT2D eigenvalue weighted by Crippen LogP contribution is -2.41. The highest BCUT2D eigenvalue weighted by Crippen LogP contribution is 1.93. The van der Waals surface area contributed by atoms with Crippen LogP contribution in [0.1, 0.15) is 26.6 Å². The Balaban J connectivity index is 2.50. The van der Waals surface area contributed by atoms with Crippen LogP contribution in [-0.4, -0.2) is 33.8 Å². The molecule has 0 atom stereocenters. The van der Waals surface area contributed by atoms with Crippen molar-refractivity contribution in [2.24, 2.45) is 4.99 Å². The smallest absolute Gasteiger partial charge is 0.191 e. The third kappa shape index (κ3) is 3.52. The van der Waals surface area contributed by atoms with Gasteiger partial charge in [0, 0.05) is 19.6 Å². The molecule has 16 heavy (non-hydrogen) atoms. The number of hydrogen-bond donors (Lipinski definition) is 2. The molecule has 0 saturated heterocycles. The van der Waals surface area contributed by atoms with Gasteiger partial charge in [-0.15, -0.1) is 10.2 Å². The summed E-state index contributed by atoms with van der Waals surface area (Å²) in [6.45, 7) is 7.71. The van der Waals surface area contributed by atoms with Crippen LogP contribution in [-0.2, 0) is 13.1 Å². The summed E-state index contributed by atoms with van der Waals surface area (Å²) in [5.74, 6) is 1.69. The molecule has 6 heteroatoms. The molecule has 0 saturated carbocycles. The van der Waals surface area contributed by atoms with E-state index in [2.05, 4.69) is 46.6 Å². The number of nitrogens with one attached hydrogen (secondary N) is 2. The minimum atomic E-state index is 0.357. The van der Waals surface area contributed by atoms with E-state index in [-0.39, 0.29) is 0 Å². The second-order valence-electron chi connectivity index (χ2n) is 3.76. The number of hydrogen-bond acceptors (Lipinski definition) is 3. The third-order valence-electron chi connectivity index (χ3n) is 2.10. The molecule has 90 valence electrons. The molecule has 0 spiro atoms. The van der Waals surface area contributed by atoms with Crippen molar-refractivity contribution in [3.05, 3.63) is 12.2 Å². The van der Waals surface area contributed by atoms with Crippen LogP contribution in [0.25, 0.3) is 0 Å². The van der Waals surface area contributed by atoms with Crippen LogP contribution in [0.2, 0.25) is 0 Å². The summed E-state index contributed by atoms with van der Waals surface area (Å²) in [5.41, 5.74) is 0. The second kappa shape index (κ2) is 6.09. The summed E-state index contributed by atoms with van der Waals surface area (Å²) < 4.78 is 2.00. The quantitative estimate of drug-likeness (QED) is 0.573. The zero-order valence-electron chi connectivity index (χ0n) is 10.4. The van der Waals surface area contributed by atoms with E-state index in [4.69, 9.17) is 0 Å². The van der Waals surface area contributed by atoms with Crippen LogP contribution in [0, 0.1) is 0 Å². The van der Waals surface area contributed by atoms with Gasteiger partial charge in [-0.3, -0.25) is 4.99 Å². The second-order valence-corrected chi connectivity index (χ2v) is 3.76. The highest BCUT2D eigenvalue weighted by molar-refractivity contribution is 5.79. The minimum Gasteiger partial charge on any atom is -0.354 e. The van der Waals surface area contributed by atoms with E-state index in [1.165, 1.54) is 0 Å². The molecule has 1 aromatic heterocycles. The van der Waals surface area contributed by atoms with Gasteiger partial charge in [0.2, 0.25) is 0 Å². The molecule has 0 bridgehead atoms. The van der Waals surface area contributed by atoms with Gasteiger partial charge < -0.3 is 15.2 Å². The number of aromatic nitrogens is 3. The zero-order chi connectivity index (χ0) is 12.0. The first-order valence-electron chi connectivity index (χ1n) is 5.51. The Labute approximate surface area is 96.2 Å². The Kier molecular flexibility index (Phi) is 4.75. The van der Waals surface area contributed by atoms with Gasteiger partial charge in [0.15, 0.2) is 11.8 Å². The Morgan fingerprint density at radius 2 is 2.31 bits per heavy atom. The van der Waals surface area contributed by atoms with Gasteiger partial charge >= 0.3 is 0 Å². The van der Waals surface area contributed by atoms with Gasteiger partial charge in [0.25, 0.3) is 0 Å². The van der Waals surface area contributed by atoms with Crippen molar-refractivity contribution in [3.8, 4) is 0 Å². The van der Waals surface area contributed by atoms with Crippen molar-refractivity contribution < 1.29 is 0 Å². The van der Waals surface area contributed by atoms with Crippen molar-refractivity contribution in [2.75, 3.05) is 7.05 Å². The molecule has 2 N–H and O–H groups in total. The largest absolute Gasteiger partial charge is 0.354 e. The number of nitrogens with zero attached hydrogens (tertiary/aromatic N) is 4. The molecule has 0 unspecified atom stereocenters. The molecule has 0 aliphatic rings. The van der Waals surface area contributed by atoms with Crippen molar-refractivity contribution in [3.63, 3.8) is 0 Å². The average Bonchev–Trinajstić information content (AvgIpc) is 2.70. The number of aryl methyl sites for hydroxylation is 1. The Hall–Kier alpha value is -1.59. The molecule has 1 aromatic rings. The molecule has 0 radical (unpaired) electrons. The molecule has 0 aliphatic carbocycles. The fourth-order valence-electron chi connectivity index (χ4n) is 1.31. The Morgan fingerprint density at radius 1 is 1.56 bits per heavy atom. The van der Waals surface area contributed by atoms with E-state index >= 15 is 0 Å². The van der Waals surface area contributed by atoms with Gasteiger partial charge in [-0.25, -0.2) is 0 Å². The molecule has 0 amide bonds. The van der Waals surface area contributed by atoms with Gasteiger partial charge in [-0.2, -0.15) is 0 Å². The standard InChI is InChI=1S/C10H20N6/c1-5-16-7-13-15-9(16)6-12-10(11-4)14-8(2)3/h7-8H,5-6H2,1-4H3,(H2,11,12,14). The van der Waals surface area contributed by atoms with Crippen LogP contribution in [0.3, 0.4) is 0 Å². The molecular weight excluding hydrogens is 204 g/mol. The summed E-state index contributed by atoms with van der Waals surface area (Å²) in [6, 6.07) is 0.357.